The van der Waals surface area contributed by atoms with E-state index in [0.29, 0.717) is 5.69 Å². The normalized spacial score (nSPS) is 15.8. The van der Waals surface area contributed by atoms with E-state index in [2.05, 4.69) is 5.32 Å². The highest BCUT2D eigenvalue weighted by Crippen LogP contribution is 2.34. The highest BCUT2D eigenvalue weighted by molar-refractivity contribution is 6.26. The van der Waals surface area contributed by atoms with Gasteiger partial charge < -0.3 is 15.2 Å². The highest BCUT2D eigenvalue weighted by Gasteiger charge is 2.37. The molecule has 0 bridgehead atoms. The molecule has 0 atom stereocenters. The number of benzene rings is 2. The number of carboxylic acid groups (broad SMARTS) is 1. The number of ether oxygens (including phenoxy) is 1. The molecule has 2 aromatic rings. The van der Waals surface area contributed by atoms with Gasteiger partial charge in [-0.05, 0) is 29.8 Å². The van der Waals surface area contributed by atoms with Crippen molar-refractivity contribution in [2.45, 2.75) is 6.18 Å². The minimum Gasteiger partial charge on any atom is -0.477 e. The summed E-state index contributed by atoms with van der Waals surface area (Å²) >= 11 is 0. The number of halogens is 3. The van der Waals surface area contributed by atoms with E-state index in [1.165, 1.54) is 12.1 Å². The number of carbonyl (C=O) groups is 2. The summed E-state index contributed by atoms with van der Waals surface area (Å²) in [4.78, 5) is 23.8. The molecule has 1 heterocycles. The van der Waals surface area contributed by atoms with E-state index in [4.69, 9.17) is 4.74 Å². The van der Waals surface area contributed by atoms with E-state index in [-0.39, 0.29) is 11.4 Å². The molecule has 0 aromatic heterocycles. The fourth-order valence-electron chi connectivity index (χ4n) is 2.49. The first-order valence-corrected chi connectivity index (χ1v) is 7.67. The molecule has 0 unspecified atom stereocenters. The summed E-state index contributed by atoms with van der Waals surface area (Å²) in [6.45, 7) is 0. The average molecular weight is 375 g/mol. The summed E-state index contributed by atoms with van der Waals surface area (Å²) in [6.07, 6.45) is -3.75. The molecule has 0 saturated heterocycles. The minimum atomic E-state index is -4.64. The number of carbonyl (C=O) groups excluding carboxylic acids is 1. The topological polar surface area (TPSA) is 75.6 Å². The van der Waals surface area contributed by atoms with Gasteiger partial charge >= 0.3 is 12.1 Å². The van der Waals surface area contributed by atoms with Crippen molar-refractivity contribution in [3.8, 4) is 0 Å². The number of aliphatic carboxylic acids is 1. The Hall–Kier alpha value is -3.55. The molecule has 2 aromatic carbocycles. The van der Waals surface area contributed by atoms with Gasteiger partial charge in [-0.3, -0.25) is 4.79 Å². The Labute approximate surface area is 151 Å². The molecule has 0 radical (unpaired) electrons. The Morgan fingerprint density at radius 1 is 1.04 bits per heavy atom. The molecule has 138 valence electrons. The van der Waals surface area contributed by atoms with E-state index >= 15 is 0 Å². The number of Topliss-reactive ketones (excluding diaryl/α,β-unsaturated/α-hetero) is 1. The van der Waals surface area contributed by atoms with Gasteiger partial charge in [0, 0.05) is 5.69 Å². The first-order valence-electron chi connectivity index (χ1n) is 7.67. The molecule has 0 amide bonds. The van der Waals surface area contributed by atoms with E-state index in [1.54, 1.807) is 30.3 Å². The van der Waals surface area contributed by atoms with Crippen LogP contribution in [0.5, 0.6) is 0 Å². The van der Waals surface area contributed by atoms with Crippen LogP contribution in [-0.4, -0.2) is 16.9 Å². The van der Waals surface area contributed by atoms with Gasteiger partial charge in [-0.1, -0.05) is 36.4 Å². The van der Waals surface area contributed by atoms with Gasteiger partial charge in [-0.25, -0.2) is 4.79 Å². The smallest absolute Gasteiger partial charge is 0.416 e. The lowest BCUT2D eigenvalue weighted by Crippen LogP contribution is -2.12. The molecule has 1 aliphatic rings. The van der Waals surface area contributed by atoms with Crippen LogP contribution in [0.4, 0.5) is 18.9 Å². The second-order valence-corrected chi connectivity index (χ2v) is 5.53. The fraction of sp³-hybridized carbons (Fsp3) is 0.0526. The molecule has 8 heteroatoms. The summed E-state index contributed by atoms with van der Waals surface area (Å²) in [5, 5.41) is 11.9. The third kappa shape index (κ3) is 3.84. The number of hydrogen-bond acceptors (Lipinski definition) is 4. The number of rotatable bonds is 4. The molecule has 0 aliphatic carbocycles. The Morgan fingerprint density at radius 3 is 2.30 bits per heavy atom. The van der Waals surface area contributed by atoms with Crippen molar-refractivity contribution in [3.63, 3.8) is 0 Å². The quantitative estimate of drug-likeness (QED) is 0.623. The van der Waals surface area contributed by atoms with Crippen LogP contribution in [0.25, 0.3) is 6.08 Å². The molecule has 2 N–H and O–H groups in total. The first-order chi connectivity index (χ1) is 12.8. The second-order valence-electron chi connectivity index (χ2n) is 5.53. The zero-order chi connectivity index (χ0) is 19.6. The fourth-order valence-corrected chi connectivity index (χ4v) is 2.49. The summed E-state index contributed by atoms with van der Waals surface area (Å²) in [7, 11) is 0. The lowest BCUT2D eigenvalue weighted by atomic mass is 10.0. The molecule has 5 nitrogen and oxygen atoms in total. The van der Waals surface area contributed by atoms with Crippen molar-refractivity contribution < 1.29 is 32.6 Å². The van der Waals surface area contributed by atoms with Gasteiger partial charge in [0.2, 0.25) is 11.7 Å². The number of ketones is 1. The highest BCUT2D eigenvalue weighted by atomic mass is 19.4. The van der Waals surface area contributed by atoms with Gasteiger partial charge in [-0.2, -0.15) is 13.2 Å². The van der Waals surface area contributed by atoms with Crippen LogP contribution in [0, 0.1) is 0 Å². The predicted octanol–water partition coefficient (Wildman–Crippen LogP) is 4.05. The number of allylic oxidation sites excluding steroid dienone is 1. The zero-order valence-corrected chi connectivity index (χ0v) is 13.6. The van der Waals surface area contributed by atoms with Crippen LogP contribution in [0.2, 0.25) is 0 Å². The molecular formula is C19H12F3NO4. The van der Waals surface area contributed by atoms with E-state index < -0.39 is 34.8 Å². The van der Waals surface area contributed by atoms with Crippen molar-refractivity contribution in [1.82, 2.24) is 0 Å². The third-order valence-electron chi connectivity index (χ3n) is 3.69. The minimum absolute atomic E-state index is 0.306. The van der Waals surface area contributed by atoms with Crippen LogP contribution >= 0.6 is 0 Å². The number of alkyl halides is 3. The van der Waals surface area contributed by atoms with Gasteiger partial charge in [0.15, 0.2) is 11.3 Å². The summed E-state index contributed by atoms with van der Waals surface area (Å²) in [5.74, 6) is -3.43. The number of carboxylic acids is 1. The maximum Gasteiger partial charge on any atom is 0.416 e. The number of anilines is 1. The Kier molecular flexibility index (Phi) is 4.72. The van der Waals surface area contributed by atoms with Gasteiger partial charge in [0.25, 0.3) is 0 Å². The maximum absolute atomic E-state index is 13.1. The largest absolute Gasteiger partial charge is 0.477 e. The van der Waals surface area contributed by atoms with Crippen molar-refractivity contribution in [2.75, 3.05) is 5.32 Å². The molecule has 0 fully saturated rings. The number of para-hydroxylation sites is 1. The molecule has 0 spiro atoms. The second kappa shape index (κ2) is 6.99. The molecule has 3 rings (SSSR count). The van der Waals surface area contributed by atoms with E-state index in [0.717, 1.165) is 18.2 Å². The third-order valence-corrected chi connectivity index (χ3v) is 3.69. The number of hydrogen-bond donors (Lipinski definition) is 2. The van der Waals surface area contributed by atoms with Crippen molar-refractivity contribution in [3.05, 3.63) is 82.9 Å². The zero-order valence-electron chi connectivity index (χ0n) is 13.6. The molecular weight excluding hydrogens is 363 g/mol. The van der Waals surface area contributed by atoms with Gasteiger partial charge in [0.1, 0.15) is 0 Å². The maximum atomic E-state index is 13.1. The average Bonchev–Trinajstić information content (AvgIpc) is 2.90. The summed E-state index contributed by atoms with van der Waals surface area (Å²) < 4.78 is 44.6. The predicted molar refractivity (Wildman–Crippen MR) is 90.2 cm³/mol. The first kappa shape index (κ1) is 18.2. The molecule has 27 heavy (non-hydrogen) atoms. The SMILES string of the molecule is O=C(O)C1=C(Nc2ccccc2)O/C(=C\c2ccccc2C(F)(F)F)C1=O. The van der Waals surface area contributed by atoms with Gasteiger partial charge in [0.05, 0.1) is 5.56 Å². The van der Waals surface area contributed by atoms with Crippen molar-refractivity contribution in [1.29, 1.82) is 0 Å². The van der Waals surface area contributed by atoms with Crippen LogP contribution in [-0.2, 0) is 20.5 Å². The standard InChI is InChI=1S/C19H12F3NO4/c20-19(21,22)13-9-5-4-6-11(13)10-14-16(24)15(18(25)26)17(27-14)23-12-7-2-1-3-8-12/h1-10,23H,(H,25,26)/b14-10-. The lowest BCUT2D eigenvalue weighted by Gasteiger charge is -2.11. The Bertz CT molecular complexity index is 962. The van der Waals surface area contributed by atoms with Crippen molar-refractivity contribution >= 4 is 23.5 Å². The Balaban J connectivity index is 1.98. The molecule has 1 aliphatic heterocycles. The van der Waals surface area contributed by atoms with E-state index in [1.807, 2.05) is 0 Å². The lowest BCUT2D eigenvalue weighted by molar-refractivity contribution is -0.138. The van der Waals surface area contributed by atoms with Gasteiger partial charge in [-0.15, -0.1) is 0 Å². The van der Waals surface area contributed by atoms with E-state index in [9.17, 15) is 27.9 Å². The summed E-state index contributed by atoms with van der Waals surface area (Å²) in [6, 6.07) is 12.9. The Morgan fingerprint density at radius 2 is 1.67 bits per heavy atom. The van der Waals surface area contributed by atoms with Crippen molar-refractivity contribution in [2.24, 2.45) is 0 Å². The monoisotopic (exact) mass is 375 g/mol. The molecule has 0 saturated carbocycles. The van der Waals surface area contributed by atoms with Crippen LogP contribution in [0.3, 0.4) is 0 Å². The van der Waals surface area contributed by atoms with Crippen LogP contribution in [0.15, 0.2) is 71.8 Å². The number of nitrogens with one attached hydrogen (secondary N) is 1. The summed E-state index contributed by atoms with van der Waals surface area (Å²) in [5.41, 5.74) is -1.50. The van der Waals surface area contributed by atoms with Crippen LogP contribution < -0.4 is 5.32 Å². The van der Waals surface area contributed by atoms with Crippen LogP contribution in [0.1, 0.15) is 11.1 Å².